The molecule has 0 radical (unpaired) electrons. The predicted octanol–water partition coefficient (Wildman–Crippen LogP) is 1.56. The zero-order valence-electron chi connectivity index (χ0n) is 15.5. The van der Waals surface area contributed by atoms with Crippen LogP contribution < -0.4 is 11.1 Å². The van der Waals surface area contributed by atoms with Gasteiger partial charge in [-0.3, -0.25) is 4.79 Å². The number of aryl methyl sites for hydroxylation is 1. The Morgan fingerprint density at radius 3 is 2.85 bits per heavy atom. The standard InChI is InChI=1S/C19H26N4O3S/c1-12-21-17-9-13(19(24)22-16-4-2-3-14(16)10-20)5-6-18(17)23(12)15-7-8-27(25,26)11-15/h5-6,9,14-16H,2-4,7-8,10-11,20H2,1H3,(H,22,24)/t14-,15-,16+/m0/s1. The van der Waals surface area contributed by atoms with Crippen molar-refractivity contribution in [2.75, 3.05) is 18.1 Å². The second kappa shape index (κ2) is 6.91. The van der Waals surface area contributed by atoms with E-state index in [1.54, 1.807) is 12.1 Å². The van der Waals surface area contributed by atoms with E-state index in [2.05, 4.69) is 10.3 Å². The molecule has 2 heterocycles. The quantitative estimate of drug-likeness (QED) is 0.824. The second-order valence-corrected chi connectivity index (χ2v) is 10.0. The van der Waals surface area contributed by atoms with Gasteiger partial charge in [-0.1, -0.05) is 6.42 Å². The minimum Gasteiger partial charge on any atom is -0.349 e. The molecule has 1 aliphatic carbocycles. The summed E-state index contributed by atoms with van der Waals surface area (Å²) in [5.74, 6) is 1.41. The zero-order valence-corrected chi connectivity index (χ0v) is 16.3. The molecule has 146 valence electrons. The summed E-state index contributed by atoms with van der Waals surface area (Å²) in [5, 5.41) is 3.12. The molecule has 8 heteroatoms. The fraction of sp³-hybridized carbons (Fsp3) is 0.579. The van der Waals surface area contributed by atoms with Crippen LogP contribution in [0.4, 0.5) is 0 Å². The highest BCUT2D eigenvalue weighted by atomic mass is 32.2. The first-order valence-electron chi connectivity index (χ1n) is 9.58. The van der Waals surface area contributed by atoms with Crippen molar-refractivity contribution in [3.63, 3.8) is 0 Å². The maximum atomic E-state index is 12.7. The first-order valence-corrected chi connectivity index (χ1v) is 11.4. The molecule has 27 heavy (non-hydrogen) atoms. The molecule has 2 aliphatic rings. The Morgan fingerprint density at radius 2 is 2.15 bits per heavy atom. The molecule has 1 amide bonds. The van der Waals surface area contributed by atoms with E-state index in [-0.39, 0.29) is 29.5 Å². The van der Waals surface area contributed by atoms with Crippen molar-refractivity contribution in [3.8, 4) is 0 Å². The molecule has 7 nitrogen and oxygen atoms in total. The van der Waals surface area contributed by atoms with Gasteiger partial charge in [-0.25, -0.2) is 13.4 Å². The first kappa shape index (κ1) is 18.4. The lowest BCUT2D eigenvalue weighted by molar-refractivity contribution is 0.0929. The van der Waals surface area contributed by atoms with Crippen LogP contribution in [0.5, 0.6) is 0 Å². The fourth-order valence-electron chi connectivity index (χ4n) is 4.56. The SMILES string of the molecule is Cc1nc2cc(C(=O)N[C@@H]3CCC[C@H]3CN)ccc2n1[C@H]1CCS(=O)(=O)C1. The number of imidazole rings is 1. The normalized spacial score (nSPS) is 27.3. The highest BCUT2D eigenvalue weighted by Crippen LogP contribution is 2.30. The molecule has 0 bridgehead atoms. The molecule has 2 fully saturated rings. The van der Waals surface area contributed by atoms with E-state index in [1.165, 1.54) is 0 Å². The Balaban J connectivity index is 1.59. The Bertz CT molecular complexity index is 982. The molecule has 3 atom stereocenters. The maximum absolute atomic E-state index is 12.7. The van der Waals surface area contributed by atoms with Crippen LogP contribution in [0.3, 0.4) is 0 Å². The summed E-state index contributed by atoms with van der Waals surface area (Å²) in [6.07, 6.45) is 3.74. The number of benzene rings is 1. The smallest absolute Gasteiger partial charge is 0.251 e. The zero-order chi connectivity index (χ0) is 19.2. The molecule has 0 spiro atoms. The van der Waals surface area contributed by atoms with Crippen LogP contribution in [0.25, 0.3) is 11.0 Å². The van der Waals surface area contributed by atoms with E-state index < -0.39 is 9.84 Å². The van der Waals surface area contributed by atoms with Gasteiger partial charge in [-0.15, -0.1) is 0 Å². The van der Waals surface area contributed by atoms with Gasteiger partial charge >= 0.3 is 0 Å². The van der Waals surface area contributed by atoms with Crippen molar-refractivity contribution in [2.45, 2.75) is 44.7 Å². The average molecular weight is 391 g/mol. The van der Waals surface area contributed by atoms with Crippen molar-refractivity contribution in [1.82, 2.24) is 14.9 Å². The number of nitrogens with zero attached hydrogens (tertiary/aromatic N) is 2. The monoisotopic (exact) mass is 390 g/mol. The summed E-state index contributed by atoms with van der Waals surface area (Å²) in [7, 11) is -2.97. The number of carbonyl (C=O) groups is 1. The minimum atomic E-state index is -2.97. The first-order chi connectivity index (χ1) is 12.9. The van der Waals surface area contributed by atoms with Crippen LogP contribution in [0.2, 0.25) is 0 Å². The van der Waals surface area contributed by atoms with Gasteiger partial charge in [0.2, 0.25) is 0 Å². The maximum Gasteiger partial charge on any atom is 0.251 e. The number of carbonyl (C=O) groups excluding carboxylic acids is 1. The molecule has 1 aromatic carbocycles. The molecular formula is C19H26N4O3S. The van der Waals surface area contributed by atoms with Gasteiger partial charge in [0.05, 0.1) is 28.6 Å². The van der Waals surface area contributed by atoms with E-state index in [0.29, 0.717) is 24.4 Å². The summed E-state index contributed by atoms with van der Waals surface area (Å²) in [5.41, 5.74) is 7.99. The van der Waals surface area contributed by atoms with Crippen molar-refractivity contribution >= 4 is 26.8 Å². The molecule has 0 unspecified atom stereocenters. The second-order valence-electron chi connectivity index (χ2n) is 7.80. The number of fused-ring (bicyclic) bond motifs is 1. The van der Waals surface area contributed by atoms with E-state index in [9.17, 15) is 13.2 Å². The topological polar surface area (TPSA) is 107 Å². The molecule has 4 rings (SSSR count). The lowest BCUT2D eigenvalue weighted by atomic mass is 10.0. The molecule has 1 aromatic heterocycles. The molecule has 2 aromatic rings. The van der Waals surface area contributed by atoms with Crippen molar-refractivity contribution in [3.05, 3.63) is 29.6 Å². The number of hydrogen-bond donors (Lipinski definition) is 2. The molecule has 3 N–H and O–H groups in total. The summed E-state index contributed by atoms with van der Waals surface area (Å²) >= 11 is 0. The van der Waals surface area contributed by atoms with Crippen LogP contribution >= 0.6 is 0 Å². The van der Waals surface area contributed by atoms with Crippen LogP contribution in [0.1, 0.15) is 47.9 Å². The van der Waals surface area contributed by atoms with E-state index in [1.807, 2.05) is 17.6 Å². The van der Waals surface area contributed by atoms with Crippen LogP contribution in [-0.2, 0) is 9.84 Å². The predicted molar refractivity (Wildman–Crippen MR) is 104 cm³/mol. The average Bonchev–Trinajstić information content (AvgIpc) is 3.30. The minimum absolute atomic E-state index is 0.0801. The van der Waals surface area contributed by atoms with Gasteiger partial charge in [-0.2, -0.15) is 0 Å². The number of aromatic nitrogens is 2. The van der Waals surface area contributed by atoms with E-state index in [4.69, 9.17) is 5.73 Å². The number of sulfone groups is 1. The van der Waals surface area contributed by atoms with Crippen molar-refractivity contribution in [2.24, 2.45) is 11.7 Å². The van der Waals surface area contributed by atoms with Gasteiger partial charge < -0.3 is 15.6 Å². The molecule has 1 aliphatic heterocycles. The lowest BCUT2D eigenvalue weighted by Crippen LogP contribution is -2.39. The Labute approximate surface area is 159 Å². The van der Waals surface area contributed by atoms with Gasteiger partial charge in [0.1, 0.15) is 5.82 Å². The van der Waals surface area contributed by atoms with Crippen molar-refractivity contribution in [1.29, 1.82) is 0 Å². The number of amides is 1. The highest BCUT2D eigenvalue weighted by Gasteiger charge is 2.31. The van der Waals surface area contributed by atoms with Gasteiger partial charge in [0.15, 0.2) is 9.84 Å². The Morgan fingerprint density at radius 1 is 1.33 bits per heavy atom. The number of nitrogens with one attached hydrogen (secondary N) is 1. The summed E-state index contributed by atoms with van der Waals surface area (Å²) in [6, 6.07) is 5.53. The van der Waals surface area contributed by atoms with E-state index >= 15 is 0 Å². The lowest BCUT2D eigenvalue weighted by Gasteiger charge is -2.19. The fourth-order valence-corrected chi connectivity index (χ4v) is 6.26. The summed E-state index contributed by atoms with van der Waals surface area (Å²) in [4.78, 5) is 17.3. The van der Waals surface area contributed by atoms with Gasteiger partial charge in [-0.05, 0) is 56.8 Å². The van der Waals surface area contributed by atoms with Crippen LogP contribution in [-0.4, -0.2) is 48.0 Å². The summed E-state index contributed by atoms with van der Waals surface area (Å²) in [6.45, 7) is 2.48. The number of nitrogens with two attached hydrogens (primary N) is 1. The number of hydrogen-bond acceptors (Lipinski definition) is 5. The number of rotatable bonds is 4. The highest BCUT2D eigenvalue weighted by molar-refractivity contribution is 7.91. The van der Waals surface area contributed by atoms with Crippen molar-refractivity contribution < 1.29 is 13.2 Å². The van der Waals surface area contributed by atoms with E-state index in [0.717, 1.165) is 36.1 Å². The van der Waals surface area contributed by atoms with Crippen LogP contribution in [0, 0.1) is 12.8 Å². The molecule has 1 saturated heterocycles. The Kier molecular flexibility index (Phi) is 4.71. The molecule has 1 saturated carbocycles. The molecular weight excluding hydrogens is 364 g/mol. The van der Waals surface area contributed by atoms with Gasteiger partial charge in [0, 0.05) is 11.6 Å². The largest absolute Gasteiger partial charge is 0.349 e. The Hall–Kier alpha value is -1.93. The summed E-state index contributed by atoms with van der Waals surface area (Å²) < 4.78 is 25.7. The van der Waals surface area contributed by atoms with Crippen LogP contribution in [0.15, 0.2) is 18.2 Å². The van der Waals surface area contributed by atoms with Gasteiger partial charge in [0.25, 0.3) is 5.91 Å². The third-order valence-corrected chi connectivity index (χ3v) is 7.73. The third-order valence-electron chi connectivity index (χ3n) is 5.98. The third kappa shape index (κ3) is 3.48.